The molecule has 0 spiro atoms. The maximum Gasteiger partial charge on any atom is 0.261 e. The third-order valence-electron chi connectivity index (χ3n) is 4.86. The monoisotopic (exact) mass is 380 g/mol. The van der Waals surface area contributed by atoms with Gasteiger partial charge in [-0.1, -0.05) is 36.4 Å². The summed E-state index contributed by atoms with van der Waals surface area (Å²) in [5.74, 6) is 0.0765. The number of hydrogen-bond acceptors (Lipinski definition) is 3. The van der Waals surface area contributed by atoms with Crippen molar-refractivity contribution >= 4 is 38.1 Å². The van der Waals surface area contributed by atoms with Crippen molar-refractivity contribution in [2.45, 2.75) is 24.7 Å². The number of nitrogens with one attached hydrogen (secondary N) is 1. The first-order chi connectivity index (χ1) is 12.9. The number of rotatable bonds is 4. The Morgan fingerprint density at radius 2 is 1.74 bits per heavy atom. The van der Waals surface area contributed by atoms with E-state index in [9.17, 15) is 13.2 Å². The molecule has 3 aromatic rings. The lowest BCUT2D eigenvalue weighted by Crippen LogP contribution is -2.24. The van der Waals surface area contributed by atoms with Gasteiger partial charge in [-0.3, -0.25) is 9.52 Å². The van der Waals surface area contributed by atoms with Crippen molar-refractivity contribution in [3.05, 3.63) is 66.2 Å². The minimum Gasteiger partial charge on any atom is -0.312 e. The summed E-state index contributed by atoms with van der Waals surface area (Å²) in [4.78, 5) is 14.0. The van der Waals surface area contributed by atoms with Crippen molar-refractivity contribution in [3.8, 4) is 0 Å². The summed E-state index contributed by atoms with van der Waals surface area (Å²) in [6.45, 7) is 2.59. The molecule has 1 N–H and O–H groups in total. The highest BCUT2D eigenvalue weighted by Gasteiger charge is 2.24. The van der Waals surface area contributed by atoms with Crippen LogP contribution in [0, 0.1) is 6.92 Å². The summed E-state index contributed by atoms with van der Waals surface area (Å²) in [6, 6.07) is 18.0. The number of hydrogen-bond donors (Lipinski definition) is 1. The molecule has 6 heteroatoms. The number of anilines is 2. The Hall–Kier alpha value is -2.86. The molecule has 0 atom stereocenters. The van der Waals surface area contributed by atoms with Gasteiger partial charge in [0.2, 0.25) is 5.91 Å². The second-order valence-corrected chi connectivity index (χ2v) is 8.45. The van der Waals surface area contributed by atoms with Gasteiger partial charge in [0, 0.05) is 18.7 Å². The topological polar surface area (TPSA) is 66.5 Å². The first-order valence-corrected chi connectivity index (χ1v) is 10.3. The van der Waals surface area contributed by atoms with E-state index >= 15 is 0 Å². The third-order valence-corrected chi connectivity index (χ3v) is 6.24. The molecule has 0 radical (unpaired) electrons. The molecule has 1 saturated heterocycles. The predicted octanol–water partition coefficient (Wildman–Crippen LogP) is 4.08. The van der Waals surface area contributed by atoms with Crippen LogP contribution in [0.1, 0.15) is 18.4 Å². The molecule has 0 unspecified atom stereocenters. The molecule has 0 saturated carbocycles. The van der Waals surface area contributed by atoms with E-state index in [1.165, 1.54) is 0 Å². The van der Waals surface area contributed by atoms with Crippen molar-refractivity contribution in [2.75, 3.05) is 16.2 Å². The van der Waals surface area contributed by atoms with E-state index < -0.39 is 10.0 Å². The van der Waals surface area contributed by atoms with Crippen LogP contribution in [0.5, 0.6) is 0 Å². The first-order valence-electron chi connectivity index (χ1n) is 8.87. The van der Waals surface area contributed by atoms with Crippen LogP contribution < -0.4 is 9.62 Å². The molecule has 1 amide bonds. The highest BCUT2D eigenvalue weighted by Crippen LogP contribution is 2.29. The molecule has 1 aliphatic heterocycles. The number of carbonyl (C=O) groups is 1. The van der Waals surface area contributed by atoms with E-state index in [1.807, 2.05) is 37.3 Å². The third kappa shape index (κ3) is 3.40. The Labute approximate surface area is 158 Å². The molecule has 1 heterocycles. The summed E-state index contributed by atoms with van der Waals surface area (Å²) >= 11 is 0. The molecule has 4 rings (SSSR count). The molecule has 27 heavy (non-hydrogen) atoms. The molecule has 0 aliphatic carbocycles. The fourth-order valence-corrected chi connectivity index (χ4v) is 4.50. The number of benzene rings is 3. The molecule has 0 bridgehead atoms. The number of fused-ring (bicyclic) bond motifs is 1. The van der Waals surface area contributed by atoms with Gasteiger partial charge < -0.3 is 4.90 Å². The zero-order chi connectivity index (χ0) is 19.0. The maximum atomic E-state index is 12.8. The normalized spacial score (nSPS) is 14.7. The second kappa shape index (κ2) is 6.70. The van der Waals surface area contributed by atoms with E-state index in [0.717, 1.165) is 28.4 Å². The lowest BCUT2D eigenvalue weighted by molar-refractivity contribution is -0.117. The SMILES string of the molecule is Cc1ccc(NS(=O)(=O)c2ccc3ccccc3c2)cc1N1CCCC1=O. The Bertz CT molecular complexity index is 1140. The lowest BCUT2D eigenvalue weighted by atomic mass is 10.1. The average Bonchev–Trinajstić information content (AvgIpc) is 3.08. The number of sulfonamides is 1. The van der Waals surface area contributed by atoms with Crippen LogP contribution in [0.25, 0.3) is 10.8 Å². The van der Waals surface area contributed by atoms with Gasteiger partial charge in [0.25, 0.3) is 10.0 Å². The summed E-state index contributed by atoms with van der Waals surface area (Å²) in [6.07, 6.45) is 1.36. The van der Waals surface area contributed by atoms with Gasteiger partial charge >= 0.3 is 0 Å². The van der Waals surface area contributed by atoms with Crippen molar-refractivity contribution in [1.82, 2.24) is 0 Å². The first kappa shape index (κ1) is 17.5. The minimum atomic E-state index is -3.72. The van der Waals surface area contributed by atoms with Crippen molar-refractivity contribution in [3.63, 3.8) is 0 Å². The van der Waals surface area contributed by atoms with E-state index in [-0.39, 0.29) is 10.8 Å². The fourth-order valence-electron chi connectivity index (χ4n) is 3.42. The molecular weight excluding hydrogens is 360 g/mol. The molecule has 0 aromatic heterocycles. The maximum absolute atomic E-state index is 12.8. The summed E-state index contributed by atoms with van der Waals surface area (Å²) < 4.78 is 28.3. The molecule has 3 aromatic carbocycles. The molecular formula is C21H20N2O3S. The van der Waals surface area contributed by atoms with E-state index in [1.54, 1.807) is 35.2 Å². The number of amides is 1. The molecule has 5 nitrogen and oxygen atoms in total. The Morgan fingerprint density at radius 1 is 0.963 bits per heavy atom. The fraction of sp³-hybridized carbons (Fsp3) is 0.190. The van der Waals surface area contributed by atoms with Gasteiger partial charge in [-0.15, -0.1) is 0 Å². The van der Waals surface area contributed by atoms with Gasteiger partial charge in [-0.2, -0.15) is 0 Å². The Kier molecular flexibility index (Phi) is 4.36. The molecule has 1 aliphatic rings. The Morgan fingerprint density at radius 3 is 2.48 bits per heavy atom. The van der Waals surface area contributed by atoms with E-state index in [0.29, 0.717) is 18.7 Å². The smallest absolute Gasteiger partial charge is 0.261 e. The number of aryl methyl sites for hydroxylation is 1. The van der Waals surface area contributed by atoms with Crippen molar-refractivity contribution < 1.29 is 13.2 Å². The highest BCUT2D eigenvalue weighted by molar-refractivity contribution is 7.92. The van der Waals surface area contributed by atoms with Crippen LogP contribution in [-0.2, 0) is 14.8 Å². The zero-order valence-corrected chi connectivity index (χ0v) is 15.8. The lowest BCUT2D eigenvalue weighted by Gasteiger charge is -2.19. The second-order valence-electron chi connectivity index (χ2n) is 6.76. The van der Waals surface area contributed by atoms with Crippen LogP contribution in [0.3, 0.4) is 0 Å². The summed E-state index contributed by atoms with van der Waals surface area (Å²) in [5, 5.41) is 1.86. The van der Waals surface area contributed by atoms with Crippen LogP contribution in [0.15, 0.2) is 65.6 Å². The largest absolute Gasteiger partial charge is 0.312 e. The summed E-state index contributed by atoms with van der Waals surface area (Å²) in [7, 11) is -3.72. The number of carbonyl (C=O) groups excluding carboxylic acids is 1. The minimum absolute atomic E-state index is 0.0765. The van der Waals surface area contributed by atoms with Crippen LogP contribution in [0.4, 0.5) is 11.4 Å². The van der Waals surface area contributed by atoms with Gasteiger partial charge in [-0.05, 0) is 53.9 Å². The highest BCUT2D eigenvalue weighted by atomic mass is 32.2. The predicted molar refractivity (Wildman–Crippen MR) is 108 cm³/mol. The van der Waals surface area contributed by atoms with Crippen LogP contribution in [0.2, 0.25) is 0 Å². The zero-order valence-electron chi connectivity index (χ0n) is 15.0. The van der Waals surface area contributed by atoms with Gasteiger partial charge in [0.05, 0.1) is 10.6 Å². The Balaban J connectivity index is 1.67. The molecule has 1 fully saturated rings. The van der Waals surface area contributed by atoms with Crippen molar-refractivity contribution in [2.24, 2.45) is 0 Å². The van der Waals surface area contributed by atoms with Crippen molar-refractivity contribution in [1.29, 1.82) is 0 Å². The molecule has 138 valence electrons. The van der Waals surface area contributed by atoms with Gasteiger partial charge in [0.1, 0.15) is 0 Å². The van der Waals surface area contributed by atoms with Gasteiger partial charge in [0.15, 0.2) is 0 Å². The summed E-state index contributed by atoms with van der Waals surface area (Å²) in [5.41, 5.74) is 2.15. The van der Waals surface area contributed by atoms with Crippen LogP contribution >= 0.6 is 0 Å². The quantitative estimate of drug-likeness (QED) is 0.742. The van der Waals surface area contributed by atoms with E-state index in [4.69, 9.17) is 0 Å². The average molecular weight is 380 g/mol. The van der Waals surface area contributed by atoms with E-state index in [2.05, 4.69) is 4.72 Å². The standard InChI is InChI=1S/C21H20N2O3S/c1-15-8-10-18(14-20(15)23-12-4-7-21(23)24)22-27(25,26)19-11-9-16-5-2-3-6-17(16)13-19/h2-3,5-6,8-11,13-14,22H,4,7,12H2,1H3. The van der Waals surface area contributed by atoms with Crippen LogP contribution in [-0.4, -0.2) is 20.9 Å². The number of nitrogens with zero attached hydrogens (tertiary/aromatic N) is 1. The van der Waals surface area contributed by atoms with Gasteiger partial charge in [-0.25, -0.2) is 8.42 Å².